The predicted octanol–water partition coefficient (Wildman–Crippen LogP) is 2.17. The van der Waals surface area contributed by atoms with E-state index < -0.39 is 15.8 Å². The molecule has 0 aliphatic carbocycles. The zero-order chi connectivity index (χ0) is 18.3. The fourth-order valence-corrected chi connectivity index (χ4v) is 4.64. The largest absolute Gasteiger partial charge is 0.341 e. The number of nitrogens with zero attached hydrogens (tertiary/aromatic N) is 2. The first kappa shape index (κ1) is 17.1. The Morgan fingerprint density at radius 1 is 1.27 bits per heavy atom. The van der Waals surface area contributed by atoms with Gasteiger partial charge in [-0.15, -0.1) is 0 Å². The third-order valence-corrected chi connectivity index (χ3v) is 6.13. The zero-order valence-corrected chi connectivity index (χ0v) is 15.1. The molecule has 0 unspecified atom stereocenters. The summed E-state index contributed by atoms with van der Waals surface area (Å²) in [6.45, 7) is 1.53. The fraction of sp³-hybridized carbons (Fsp3) is 0.278. The van der Waals surface area contributed by atoms with E-state index in [1.54, 1.807) is 24.3 Å². The molecule has 136 valence electrons. The monoisotopic (exact) mass is 374 g/mol. The minimum Gasteiger partial charge on any atom is -0.341 e. The van der Waals surface area contributed by atoms with Crippen molar-refractivity contribution in [2.24, 2.45) is 0 Å². The maximum Gasteiger partial charge on any atom is 0.241 e. The van der Waals surface area contributed by atoms with Crippen molar-refractivity contribution in [1.29, 1.82) is 0 Å². The second-order valence-electron chi connectivity index (χ2n) is 6.53. The van der Waals surface area contributed by atoms with Crippen LogP contribution >= 0.6 is 0 Å². The summed E-state index contributed by atoms with van der Waals surface area (Å²) in [7, 11) is -1.67. The Bertz CT molecular complexity index is 1080. The highest BCUT2D eigenvalue weighted by molar-refractivity contribution is 7.89. The molecule has 2 aromatic carbocycles. The molecular weight excluding hydrogens is 355 g/mol. The molecule has 0 bridgehead atoms. The number of H-pyrrole nitrogens is 1. The fourth-order valence-electron chi connectivity index (χ4n) is 3.34. The molecule has 1 aliphatic heterocycles. The van der Waals surface area contributed by atoms with E-state index in [-0.39, 0.29) is 12.1 Å². The normalized spacial score (nSPS) is 15.3. The second kappa shape index (κ2) is 6.46. The number of benzene rings is 2. The number of para-hydroxylation sites is 1. The molecule has 4 rings (SSSR count). The van der Waals surface area contributed by atoms with Crippen LogP contribution in [0.5, 0.6) is 0 Å². The van der Waals surface area contributed by atoms with Gasteiger partial charge in [0.1, 0.15) is 11.3 Å². The number of fused-ring (bicyclic) bond motifs is 2. The van der Waals surface area contributed by atoms with E-state index >= 15 is 0 Å². The number of imidazole rings is 1. The molecule has 0 saturated carbocycles. The molecule has 6 nitrogen and oxygen atoms in total. The summed E-state index contributed by atoms with van der Waals surface area (Å²) in [6.07, 6.45) is 0.693. The lowest BCUT2D eigenvalue weighted by Gasteiger charge is -2.26. The maximum absolute atomic E-state index is 13.7. The Morgan fingerprint density at radius 2 is 2.08 bits per heavy atom. The Balaban J connectivity index is 1.60. The predicted molar refractivity (Wildman–Crippen MR) is 96.6 cm³/mol. The van der Waals surface area contributed by atoms with Crippen LogP contribution in [0.4, 0.5) is 4.39 Å². The van der Waals surface area contributed by atoms with E-state index in [9.17, 15) is 12.8 Å². The molecule has 26 heavy (non-hydrogen) atoms. The first-order valence-corrected chi connectivity index (χ1v) is 9.84. The summed E-state index contributed by atoms with van der Waals surface area (Å²) in [4.78, 5) is 9.56. The van der Waals surface area contributed by atoms with Crippen LogP contribution in [-0.2, 0) is 29.5 Å². The molecule has 0 spiro atoms. The Kier molecular flexibility index (Phi) is 4.26. The van der Waals surface area contributed by atoms with E-state index in [0.29, 0.717) is 22.7 Å². The van der Waals surface area contributed by atoms with Gasteiger partial charge < -0.3 is 9.88 Å². The standard InChI is InChI=1S/C18H19FN4O2S/c1-23-9-8-13-12(11-23)4-2-7-16(13)26(24,25)20-10-17-21-15-6-3-5-14(19)18(15)22-17/h2-7,20H,8-11H2,1H3,(H,21,22). The first-order chi connectivity index (χ1) is 12.4. The van der Waals surface area contributed by atoms with Crippen LogP contribution in [0, 0.1) is 5.82 Å². The van der Waals surface area contributed by atoms with Crippen LogP contribution in [0.25, 0.3) is 11.0 Å². The van der Waals surface area contributed by atoms with Gasteiger partial charge in [-0.2, -0.15) is 0 Å². The van der Waals surface area contributed by atoms with Gasteiger partial charge in [-0.3, -0.25) is 0 Å². The van der Waals surface area contributed by atoms with Crippen LogP contribution in [0.15, 0.2) is 41.3 Å². The lowest BCUT2D eigenvalue weighted by Crippen LogP contribution is -2.30. The number of halogens is 1. The van der Waals surface area contributed by atoms with Gasteiger partial charge in [0, 0.05) is 13.1 Å². The van der Waals surface area contributed by atoms with Crippen molar-refractivity contribution < 1.29 is 12.8 Å². The van der Waals surface area contributed by atoms with Crippen LogP contribution < -0.4 is 4.72 Å². The van der Waals surface area contributed by atoms with Crippen molar-refractivity contribution >= 4 is 21.1 Å². The molecule has 1 aromatic heterocycles. The topological polar surface area (TPSA) is 78.1 Å². The van der Waals surface area contributed by atoms with Gasteiger partial charge in [-0.05, 0) is 42.8 Å². The first-order valence-electron chi connectivity index (χ1n) is 8.36. The van der Waals surface area contributed by atoms with Gasteiger partial charge in [-0.25, -0.2) is 22.5 Å². The molecular formula is C18H19FN4O2S. The molecule has 8 heteroatoms. The average molecular weight is 374 g/mol. The van der Waals surface area contributed by atoms with Gasteiger partial charge in [0.15, 0.2) is 5.82 Å². The SMILES string of the molecule is CN1CCc2c(cccc2S(=O)(=O)NCc2nc3c(F)cccc3[nH]2)C1. The van der Waals surface area contributed by atoms with Crippen LogP contribution in [0.3, 0.4) is 0 Å². The van der Waals surface area contributed by atoms with E-state index in [0.717, 1.165) is 24.2 Å². The number of hydrogen-bond donors (Lipinski definition) is 2. The molecule has 2 heterocycles. The highest BCUT2D eigenvalue weighted by atomic mass is 32.2. The Labute approximate surface area is 151 Å². The Hall–Kier alpha value is -2.29. The summed E-state index contributed by atoms with van der Waals surface area (Å²) in [5, 5.41) is 0. The van der Waals surface area contributed by atoms with Gasteiger partial charge in [0.05, 0.1) is 17.0 Å². The van der Waals surface area contributed by atoms with Gasteiger partial charge in [0.2, 0.25) is 10.0 Å². The number of aromatic nitrogens is 2. The van der Waals surface area contributed by atoms with Crippen LogP contribution in [0.2, 0.25) is 0 Å². The molecule has 1 aliphatic rings. The third-order valence-electron chi connectivity index (χ3n) is 4.65. The number of aromatic amines is 1. The van der Waals surface area contributed by atoms with Crippen molar-refractivity contribution in [3.8, 4) is 0 Å². The number of likely N-dealkylation sites (N-methyl/N-ethyl adjacent to an activating group) is 1. The van der Waals surface area contributed by atoms with Crippen molar-refractivity contribution in [3.63, 3.8) is 0 Å². The van der Waals surface area contributed by atoms with E-state index in [4.69, 9.17) is 0 Å². The van der Waals surface area contributed by atoms with E-state index in [2.05, 4.69) is 19.6 Å². The van der Waals surface area contributed by atoms with E-state index in [1.165, 1.54) is 6.07 Å². The van der Waals surface area contributed by atoms with E-state index in [1.807, 2.05) is 13.1 Å². The smallest absolute Gasteiger partial charge is 0.241 e. The molecule has 0 amide bonds. The average Bonchev–Trinajstić information content (AvgIpc) is 3.04. The summed E-state index contributed by atoms with van der Waals surface area (Å²) in [5.74, 6) is -0.0627. The highest BCUT2D eigenvalue weighted by Crippen LogP contribution is 2.25. The molecule has 0 radical (unpaired) electrons. The second-order valence-corrected chi connectivity index (χ2v) is 8.26. The van der Waals surface area contributed by atoms with Crippen molar-refractivity contribution in [2.45, 2.75) is 24.4 Å². The van der Waals surface area contributed by atoms with Crippen LogP contribution in [-0.4, -0.2) is 36.9 Å². The summed E-state index contributed by atoms with van der Waals surface area (Å²) in [5.41, 5.74) is 2.65. The summed E-state index contributed by atoms with van der Waals surface area (Å²) < 4.78 is 41.9. The van der Waals surface area contributed by atoms with Crippen LogP contribution in [0.1, 0.15) is 17.0 Å². The molecule has 0 atom stereocenters. The minimum atomic E-state index is -3.69. The lowest BCUT2D eigenvalue weighted by molar-refractivity contribution is 0.311. The van der Waals surface area contributed by atoms with Gasteiger partial charge in [0.25, 0.3) is 0 Å². The Morgan fingerprint density at radius 3 is 2.88 bits per heavy atom. The quantitative estimate of drug-likeness (QED) is 0.734. The molecule has 2 N–H and O–H groups in total. The lowest BCUT2D eigenvalue weighted by atomic mass is 10.0. The van der Waals surface area contributed by atoms with Gasteiger partial charge >= 0.3 is 0 Å². The highest BCUT2D eigenvalue weighted by Gasteiger charge is 2.24. The number of nitrogens with one attached hydrogen (secondary N) is 2. The maximum atomic E-state index is 13.7. The van der Waals surface area contributed by atoms with Crippen molar-refractivity contribution in [2.75, 3.05) is 13.6 Å². The number of hydrogen-bond acceptors (Lipinski definition) is 4. The number of sulfonamides is 1. The number of rotatable bonds is 4. The summed E-state index contributed by atoms with van der Waals surface area (Å²) >= 11 is 0. The van der Waals surface area contributed by atoms with Crippen molar-refractivity contribution in [3.05, 3.63) is 59.2 Å². The molecule has 0 fully saturated rings. The van der Waals surface area contributed by atoms with Gasteiger partial charge in [-0.1, -0.05) is 18.2 Å². The van der Waals surface area contributed by atoms with Crippen molar-refractivity contribution in [1.82, 2.24) is 19.6 Å². The zero-order valence-electron chi connectivity index (χ0n) is 14.3. The summed E-state index contributed by atoms with van der Waals surface area (Å²) in [6, 6.07) is 9.97. The third kappa shape index (κ3) is 3.11. The molecule has 3 aromatic rings. The minimum absolute atomic E-state index is 0.0278. The molecule has 0 saturated heterocycles.